The van der Waals surface area contributed by atoms with Gasteiger partial charge >= 0.3 is 0 Å². The van der Waals surface area contributed by atoms with Crippen LogP contribution in [0.2, 0.25) is 0 Å². The molecule has 184 valence electrons. The highest BCUT2D eigenvalue weighted by Crippen LogP contribution is 2.31. The predicted octanol–water partition coefficient (Wildman–Crippen LogP) is 4.06. The number of nitrogens with zero attached hydrogens (tertiary/aromatic N) is 3. The third-order valence-electron chi connectivity index (χ3n) is 6.02. The maximum absolute atomic E-state index is 12.8. The second-order valence-corrected chi connectivity index (χ2v) is 8.46. The molecule has 4 rings (SSSR count). The highest BCUT2D eigenvalue weighted by atomic mass is 19.1. The van der Waals surface area contributed by atoms with E-state index < -0.39 is 0 Å². The molecular weight excluding hydrogens is 447 g/mol. The summed E-state index contributed by atoms with van der Waals surface area (Å²) >= 11 is 0. The summed E-state index contributed by atoms with van der Waals surface area (Å²) in [5.41, 5.74) is 6.74. The lowest BCUT2D eigenvalue weighted by Gasteiger charge is -2.26. The number of amides is 1. The van der Waals surface area contributed by atoms with Crippen molar-refractivity contribution < 1.29 is 19.1 Å². The van der Waals surface area contributed by atoms with E-state index in [1.165, 1.54) is 28.8 Å². The summed E-state index contributed by atoms with van der Waals surface area (Å²) in [5, 5.41) is 16.7. The number of hydrogen-bond acceptors (Lipinski definition) is 5. The van der Waals surface area contributed by atoms with Gasteiger partial charge in [0.1, 0.15) is 12.1 Å². The first-order valence-electron chi connectivity index (χ1n) is 11.4. The average Bonchev–Trinajstić information content (AvgIpc) is 3.22. The van der Waals surface area contributed by atoms with Crippen molar-refractivity contribution in [2.24, 2.45) is 0 Å². The van der Waals surface area contributed by atoms with Crippen molar-refractivity contribution in [3.05, 3.63) is 82.9 Å². The molecule has 2 aromatic carbocycles. The predicted molar refractivity (Wildman–Crippen MR) is 134 cm³/mol. The Bertz CT molecular complexity index is 1220. The van der Waals surface area contributed by atoms with Gasteiger partial charge in [-0.3, -0.25) is 14.3 Å². The Kier molecular flexibility index (Phi) is 8.54. The number of benzene rings is 2. The monoisotopic (exact) mass is 478 g/mol. The summed E-state index contributed by atoms with van der Waals surface area (Å²) in [7, 11) is 3.54. The van der Waals surface area contributed by atoms with Gasteiger partial charge in [0.05, 0.1) is 18.8 Å². The van der Waals surface area contributed by atoms with Crippen molar-refractivity contribution in [1.29, 1.82) is 0 Å². The zero-order chi connectivity index (χ0) is 25.5. The number of anilines is 1. The number of halogens is 1. The van der Waals surface area contributed by atoms with E-state index in [9.17, 15) is 14.0 Å². The molecule has 35 heavy (non-hydrogen) atoms. The largest absolute Gasteiger partial charge is 0.394 e. The summed E-state index contributed by atoms with van der Waals surface area (Å²) in [4.78, 5) is 24.0. The number of allylic oxidation sites excluding steroid dienone is 1. The number of aryl methyl sites for hydroxylation is 2. The van der Waals surface area contributed by atoms with Crippen LogP contribution in [0.1, 0.15) is 29.2 Å². The molecule has 1 aromatic heterocycles. The highest BCUT2D eigenvalue weighted by molar-refractivity contribution is 5.86. The van der Waals surface area contributed by atoms with Crippen molar-refractivity contribution in [3.63, 3.8) is 0 Å². The van der Waals surface area contributed by atoms with Crippen molar-refractivity contribution >= 4 is 17.9 Å². The Morgan fingerprint density at radius 3 is 2.51 bits per heavy atom. The second-order valence-electron chi connectivity index (χ2n) is 8.46. The fourth-order valence-corrected chi connectivity index (χ4v) is 3.96. The van der Waals surface area contributed by atoms with Crippen molar-refractivity contribution in [3.8, 4) is 11.3 Å². The second kappa shape index (κ2) is 11.6. The molecule has 3 aromatic rings. The number of carbonyl (C=O) groups excluding carboxylic acids is 2. The van der Waals surface area contributed by atoms with Crippen LogP contribution in [0.5, 0.6) is 0 Å². The number of nitrogens with one attached hydrogen (secondary N) is 1. The maximum atomic E-state index is 12.8. The van der Waals surface area contributed by atoms with Gasteiger partial charge in [-0.05, 0) is 49.2 Å². The van der Waals surface area contributed by atoms with Crippen LogP contribution in [0.3, 0.4) is 0 Å². The lowest BCUT2D eigenvalue weighted by atomic mass is 9.87. The molecule has 8 heteroatoms. The summed E-state index contributed by atoms with van der Waals surface area (Å²) in [6.07, 6.45) is 2.52. The number of aliphatic hydroxyl groups is 1. The Hall–Kier alpha value is -3.78. The fraction of sp³-hybridized carbons (Fsp3) is 0.296. The van der Waals surface area contributed by atoms with E-state index in [4.69, 9.17) is 5.11 Å². The number of aliphatic hydroxyl groups excluding tert-OH is 1. The Morgan fingerprint density at radius 2 is 1.89 bits per heavy atom. The molecule has 0 aliphatic carbocycles. The van der Waals surface area contributed by atoms with E-state index in [1.54, 1.807) is 19.2 Å². The Balaban J connectivity index is 0.000000196. The summed E-state index contributed by atoms with van der Waals surface area (Å²) in [5.74, 6) is -0.647. The normalized spacial score (nSPS) is 15.3. The SMILES string of the molecule is CN1C=C(C=O)C(c2ccc(F)cc2)CC1=O.CNc1cc(-c2cc(C)n(CCO)n2)ccc1C. The lowest BCUT2D eigenvalue weighted by molar-refractivity contribution is -0.128. The van der Waals surface area contributed by atoms with Crippen LogP contribution >= 0.6 is 0 Å². The number of rotatable bonds is 6. The van der Waals surface area contributed by atoms with E-state index in [0.717, 1.165) is 34.5 Å². The molecule has 0 spiro atoms. The van der Waals surface area contributed by atoms with Gasteiger partial charge in [0.2, 0.25) is 5.91 Å². The van der Waals surface area contributed by atoms with Gasteiger partial charge in [-0.1, -0.05) is 24.3 Å². The molecule has 1 unspecified atom stereocenters. The van der Waals surface area contributed by atoms with E-state index in [2.05, 4.69) is 35.5 Å². The standard InChI is InChI=1S/C14H19N3O.C13H12FNO2/c1-10-4-5-12(9-13(10)15-3)14-8-11(2)17(16-14)6-7-18;1-15-7-10(8-16)12(6-13(15)17)9-2-4-11(14)5-3-9/h4-5,8-9,15,18H,6-7H2,1-3H3;2-5,7-8,12H,6H2,1H3. The van der Waals surface area contributed by atoms with E-state index in [0.29, 0.717) is 12.1 Å². The Morgan fingerprint density at radius 1 is 1.17 bits per heavy atom. The molecule has 0 saturated carbocycles. The number of carbonyl (C=O) groups is 2. The Labute approximate surface area is 204 Å². The van der Waals surface area contributed by atoms with Gasteiger partial charge in [0.15, 0.2) is 0 Å². The average molecular weight is 479 g/mol. The quantitative estimate of drug-likeness (QED) is 0.522. The zero-order valence-corrected chi connectivity index (χ0v) is 20.5. The van der Waals surface area contributed by atoms with E-state index in [-0.39, 0.29) is 30.7 Å². The number of aromatic nitrogens is 2. The van der Waals surface area contributed by atoms with Crippen LogP contribution in [0.15, 0.2) is 60.3 Å². The third kappa shape index (κ3) is 6.22. The van der Waals surface area contributed by atoms with Gasteiger partial charge in [-0.15, -0.1) is 0 Å². The summed E-state index contributed by atoms with van der Waals surface area (Å²) in [6, 6.07) is 14.2. The molecular formula is C27H31FN4O3. The van der Waals surface area contributed by atoms with Crippen LogP contribution in [-0.4, -0.2) is 52.7 Å². The van der Waals surface area contributed by atoms with Crippen molar-refractivity contribution in [2.45, 2.75) is 32.7 Å². The van der Waals surface area contributed by atoms with Gasteiger partial charge in [0, 0.05) is 55.2 Å². The molecule has 0 bridgehead atoms. The molecule has 1 aliphatic heterocycles. The molecule has 0 saturated heterocycles. The van der Waals surface area contributed by atoms with Gasteiger partial charge in [-0.25, -0.2) is 4.39 Å². The van der Waals surface area contributed by atoms with E-state index in [1.807, 2.05) is 24.7 Å². The number of hydrogen-bond donors (Lipinski definition) is 2. The van der Waals surface area contributed by atoms with Crippen molar-refractivity contribution in [2.75, 3.05) is 26.0 Å². The highest BCUT2D eigenvalue weighted by Gasteiger charge is 2.26. The molecule has 2 heterocycles. The smallest absolute Gasteiger partial charge is 0.227 e. The van der Waals surface area contributed by atoms with E-state index >= 15 is 0 Å². The van der Waals surface area contributed by atoms with Gasteiger partial charge in [0.25, 0.3) is 0 Å². The topological polar surface area (TPSA) is 87.5 Å². The summed E-state index contributed by atoms with van der Waals surface area (Å²) < 4.78 is 14.6. The minimum absolute atomic E-state index is 0.0510. The molecule has 1 amide bonds. The summed E-state index contributed by atoms with van der Waals surface area (Å²) in [6.45, 7) is 4.72. The molecule has 2 N–H and O–H groups in total. The fourth-order valence-electron chi connectivity index (χ4n) is 3.96. The van der Waals surface area contributed by atoms with Gasteiger partial charge < -0.3 is 15.3 Å². The maximum Gasteiger partial charge on any atom is 0.227 e. The lowest BCUT2D eigenvalue weighted by Crippen LogP contribution is -2.29. The molecule has 1 aliphatic rings. The molecule has 7 nitrogen and oxygen atoms in total. The minimum atomic E-state index is -0.329. The van der Waals surface area contributed by atoms with Crippen molar-refractivity contribution in [1.82, 2.24) is 14.7 Å². The van der Waals surface area contributed by atoms with Crippen LogP contribution in [-0.2, 0) is 16.1 Å². The first-order chi connectivity index (χ1) is 16.8. The van der Waals surface area contributed by atoms with Crippen LogP contribution in [0.25, 0.3) is 11.3 Å². The third-order valence-corrected chi connectivity index (χ3v) is 6.02. The molecule has 0 fully saturated rings. The van der Waals surface area contributed by atoms with Crippen LogP contribution in [0, 0.1) is 19.7 Å². The first-order valence-corrected chi connectivity index (χ1v) is 11.4. The minimum Gasteiger partial charge on any atom is -0.394 e. The van der Waals surface area contributed by atoms with Crippen LogP contribution < -0.4 is 5.32 Å². The van der Waals surface area contributed by atoms with Crippen LogP contribution in [0.4, 0.5) is 10.1 Å². The zero-order valence-electron chi connectivity index (χ0n) is 20.5. The van der Waals surface area contributed by atoms with Gasteiger partial charge in [-0.2, -0.15) is 5.10 Å². The molecule has 0 radical (unpaired) electrons. The first kappa shape index (κ1) is 25.8. The molecule has 1 atom stereocenters. The number of aldehydes is 1.